The van der Waals surface area contributed by atoms with Crippen LogP contribution in [0.25, 0.3) is 11.3 Å². The summed E-state index contributed by atoms with van der Waals surface area (Å²) in [6.07, 6.45) is 2.24. The van der Waals surface area contributed by atoms with Gasteiger partial charge in [-0.3, -0.25) is 4.79 Å². The van der Waals surface area contributed by atoms with E-state index in [1.807, 2.05) is 30.3 Å². The first-order valence-corrected chi connectivity index (χ1v) is 12.0. The summed E-state index contributed by atoms with van der Waals surface area (Å²) < 4.78 is 24.9. The van der Waals surface area contributed by atoms with Crippen molar-refractivity contribution in [3.63, 3.8) is 0 Å². The van der Waals surface area contributed by atoms with Gasteiger partial charge in [0.1, 0.15) is 11.5 Å². The fourth-order valence-corrected chi connectivity index (χ4v) is 4.69. The molecule has 8 heteroatoms. The molecule has 1 fully saturated rings. The average Bonchev–Trinajstić information content (AvgIpc) is 2.91. The van der Waals surface area contributed by atoms with Gasteiger partial charge < -0.3 is 24.7 Å². The predicted molar refractivity (Wildman–Crippen MR) is 136 cm³/mol. The van der Waals surface area contributed by atoms with Gasteiger partial charge in [-0.15, -0.1) is 0 Å². The van der Waals surface area contributed by atoms with Gasteiger partial charge in [-0.25, -0.2) is 4.98 Å². The Hall–Kier alpha value is -4.17. The molecule has 7 nitrogen and oxygen atoms in total. The third kappa shape index (κ3) is 4.55. The van der Waals surface area contributed by atoms with Crippen molar-refractivity contribution >= 4 is 11.4 Å². The van der Waals surface area contributed by atoms with Crippen LogP contribution >= 0.6 is 0 Å². The standard InChI is InChI=1S/C28H25FN4O3/c29-26-7-4-18(17-31-26)16-30-21-5-6-25-20(13-21)12-19-2-1-3-23(28(19)36-25)24-14-22(15-27(34)32-24)33-8-10-35-11-9-33/h1-7,13-15,17,30H,8-12,16H2,(H,32,34). The van der Waals surface area contributed by atoms with E-state index >= 15 is 0 Å². The molecule has 36 heavy (non-hydrogen) atoms. The molecule has 4 aromatic rings. The number of rotatable bonds is 5. The molecule has 2 N–H and O–H groups in total. The number of aromatic amines is 1. The van der Waals surface area contributed by atoms with E-state index in [9.17, 15) is 9.18 Å². The van der Waals surface area contributed by atoms with Crippen LogP contribution in [0, 0.1) is 5.95 Å². The second-order valence-corrected chi connectivity index (χ2v) is 8.95. The van der Waals surface area contributed by atoms with Gasteiger partial charge in [0.15, 0.2) is 0 Å². The summed E-state index contributed by atoms with van der Waals surface area (Å²) in [4.78, 5) is 21.4. The number of para-hydroxylation sites is 1. The summed E-state index contributed by atoms with van der Waals surface area (Å²) in [5.41, 5.74) is 6.30. The molecule has 0 saturated carbocycles. The van der Waals surface area contributed by atoms with Gasteiger partial charge >= 0.3 is 0 Å². The number of aromatic nitrogens is 2. The molecule has 0 amide bonds. The van der Waals surface area contributed by atoms with Crippen molar-refractivity contribution in [2.24, 2.45) is 0 Å². The average molecular weight is 485 g/mol. The molecule has 0 bridgehead atoms. The summed E-state index contributed by atoms with van der Waals surface area (Å²) in [7, 11) is 0. The van der Waals surface area contributed by atoms with Crippen molar-refractivity contribution in [3.05, 3.63) is 99.9 Å². The van der Waals surface area contributed by atoms with E-state index in [1.165, 1.54) is 12.3 Å². The zero-order valence-corrected chi connectivity index (χ0v) is 19.6. The number of hydrogen-bond acceptors (Lipinski definition) is 6. The van der Waals surface area contributed by atoms with Crippen molar-refractivity contribution in [1.29, 1.82) is 0 Å². The molecular weight excluding hydrogens is 459 g/mol. The summed E-state index contributed by atoms with van der Waals surface area (Å²) in [5.74, 6) is 1.06. The Labute approximate surface area is 207 Å². The fourth-order valence-electron chi connectivity index (χ4n) is 4.69. The minimum atomic E-state index is -0.486. The number of nitrogens with zero attached hydrogens (tertiary/aromatic N) is 2. The van der Waals surface area contributed by atoms with Crippen molar-refractivity contribution in [1.82, 2.24) is 9.97 Å². The second kappa shape index (κ2) is 9.47. The highest BCUT2D eigenvalue weighted by atomic mass is 19.1. The van der Waals surface area contributed by atoms with Crippen LogP contribution in [0.3, 0.4) is 0 Å². The van der Waals surface area contributed by atoms with Crippen LogP contribution in [0.15, 0.2) is 71.7 Å². The maximum Gasteiger partial charge on any atom is 0.250 e. The summed E-state index contributed by atoms with van der Waals surface area (Å²) in [6, 6.07) is 18.7. The number of fused-ring (bicyclic) bond motifs is 2. The molecule has 2 aromatic carbocycles. The Morgan fingerprint density at radius 2 is 1.92 bits per heavy atom. The van der Waals surface area contributed by atoms with Crippen LogP contribution in [0.1, 0.15) is 16.7 Å². The van der Waals surface area contributed by atoms with Crippen LogP contribution in [0.4, 0.5) is 15.8 Å². The Bertz CT molecular complexity index is 1460. The Kier molecular flexibility index (Phi) is 5.87. The van der Waals surface area contributed by atoms with Crippen molar-refractivity contribution in [2.45, 2.75) is 13.0 Å². The quantitative estimate of drug-likeness (QED) is 0.352. The number of halogens is 1. The van der Waals surface area contributed by atoms with Gasteiger partial charge in [0.05, 0.1) is 18.9 Å². The Morgan fingerprint density at radius 1 is 1.03 bits per heavy atom. The van der Waals surface area contributed by atoms with Crippen molar-refractivity contribution in [3.8, 4) is 22.8 Å². The summed E-state index contributed by atoms with van der Waals surface area (Å²) in [6.45, 7) is 3.36. The lowest BCUT2D eigenvalue weighted by Gasteiger charge is -2.29. The van der Waals surface area contributed by atoms with Gasteiger partial charge in [-0.1, -0.05) is 18.2 Å². The van der Waals surface area contributed by atoms with Crippen molar-refractivity contribution in [2.75, 3.05) is 36.5 Å². The molecule has 182 valence electrons. The first-order valence-electron chi connectivity index (χ1n) is 12.0. The van der Waals surface area contributed by atoms with Gasteiger partial charge in [0, 0.05) is 60.8 Å². The molecule has 2 aliphatic rings. The molecule has 2 aliphatic heterocycles. The smallest absolute Gasteiger partial charge is 0.250 e. The third-order valence-electron chi connectivity index (χ3n) is 6.53. The normalized spacial score (nSPS) is 14.5. The third-order valence-corrected chi connectivity index (χ3v) is 6.53. The minimum absolute atomic E-state index is 0.144. The minimum Gasteiger partial charge on any atom is -0.456 e. The van der Waals surface area contributed by atoms with Gasteiger partial charge in [-0.05, 0) is 47.5 Å². The largest absolute Gasteiger partial charge is 0.456 e. The van der Waals surface area contributed by atoms with Gasteiger partial charge in [-0.2, -0.15) is 4.39 Å². The van der Waals surface area contributed by atoms with Crippen LogP contribution < -0.4 is 20.5 Å². The number of nitrogens with one attached hydrogen (secondary N) is 2. The highest BCUT2D eigenvalue weighted by Crippen LogP contribution is 2.43. The number of hydrogen-bond donors (Lipinski definition) is 2. The van der Waals surface area contributed by atoms with E-state index in [0.717, 1.165) is 63.9 Å². The first-order chi connectivity index (χ1) is 17.6. The Balaban J connectivity index is 1.26. The molecule has 0 aliphatic carbocycles. The molecule has 2 aromatic heterocycles. The number of H-pyrrole nitrogens is 1. The molecular formula is C28H25FN4O3. The van der Waals surface area contributed by atoms with Crippen LogP contribution in [0.2, 0.25) is 0 Å². The van der Waals surface area contributed by atoms with E-state index in [1.54, 1.807) is 12.1 Å². The first kappa shape index (κ1) is 22.3. The predicted octanol–water partition coefficient (Wildman–Crippen LogP) is 4.72. The zero-order chi connectivity index (χ0) is 24.5. The van der Waals surface area contributed by atoms with Crippen LogP contribution in [0.5, 0.6) is 11.5 Å². The summed E-state index contributed by atoms with van der Waals surface area (Å²) >= 11 is 0. The van der Waals surface area contributed by atoms with E-state index in [-0.39, 0.29) is 5.56 Å². The number of morpholine rings is 1. The second-order valence-electron chi connectivity index (χ2n) is 8.95. The molecule has 4 heterocycles. The van der Waals surface area contributed by atoms with E-state index in [4.69, 9.17) is 9.47 Å². The lowest BCUT2D eigenvalue weighted by atomic mass is 9.96. The lowest BCUT2D eigenvalue weighted by molar-refractivity contribution is 0.122. The van der Waals surface area contributed by atoms with E-state index in [0.29, 0.717) is 26.2 Å². The molecule has 0 spiro atoms. The van der Waals surface area contributed by atoms with Crippen LogP contribution in [-0.2, 0) is 17.7 Å². The Morgan fingerprint density at radius 3 is 2.75 bits per heavy atom. The molecule has 0 atom stereocenters. The van der Waals surface area contributed by atoms with E-state index in [2.05, 4.69) is 32.3 Å². The van der Waals surface area contributed by atoms with E-state index < -0.39 is 5.95 Å². The maximum absolute atomic E-state index is 13.1. The topological polar surface area (TPSA) is 79.5 Å². The number of ether oxygens (including phenoxy) is 2. The molecule has 6 rings (SSSR count). The van der Waals surface area contributed by atoms with Gasteiger partial charge in [0.25, 0.3) is 0 Å². The maximum atomic E-state index is 13.1. The lowest BCUT2D eigenvalue weighted by Crippen LogP contribution is -2.36. The molecule has 0 radical (unpaired) electrons. The molecule has 0 unspecified atom stereocenters. The number of pyridine rings is 2. The highest BCUT2D eigenvalue weighted by Gasteiger charge is 2.22. The van der Waals surface area contributed by atoms with Gasteiger partial charge in [0.2, 0.25) is 11.5 Å². The monoisotopic (exact) mass is 484 g/mol. The number of anilines is 2. The van der Waals surface area contributed by atoms with Crippen molar-refractivity contribution < 1.29 is 13.9 Å². The number of benzene rings is 2. The zero-order valence-electron chi connectivity index (χ0n) is 19.6. The summed E-state index contributed by atoms with van der Waals surface area (Å²) in [5, 5.41) is 3.36. The molecule has 1 saturated heterocycles. The highest BCUT2D eigenvalue weighted by molar-refractivity contribution is 5.74. The van der Waals surface area contributed by atoms with Crippen LogP contribution in [-0.4, -0.2) is 36.3 Å². The fraction of sp³-hybridized carbons (Fsp3) is 0.214. The SMILES string of the molecule is O=c1cc(N2CCOCC2)cc(-c2cccc3c2Oc2ccc(NCc4ccc(F)nc4)cc2C3)[nH]1.